The Morgan fingerprint density at radius 2 is 1.90 bits per heavy atom. The number of hydrogen-bond donors (Lipinski definition) is 3. The number of halogens is 2. The van der Waals surface area contributed by atoms with Crippen molar-refractivity contribution < 1.29 is 37.0 Å². The molecule has 0 aliphatic carbocycles. The predicted octanol–water partition coefficient (Wildman–Crippen LogP) is 3.60. The molecule has 2 aliphatic rings. The first-order valence-corrected chi connectivity index (χ1v) is 13.2. The molecule has 2 aliphatic heterocycles. The Labute approximate surface area is 228 Å². The number of pyridine rings is 1. The maximum atomic E-state index is 14.8. The van der Waals surface area contributed by atoms with E-state index in [0.29, 0.717) is 37.7 Å². The van der Waals surface area contributed by atoms with E-state index in [1.54, 1.807) is 12.1 Å². The number of nitrogens with zero attached hydrogens (tertiary/aromatic N) is 5. The van der Waals surface area contributed by atoms with E-state index in [-0.39, 0.29) is 29.2 Å². The highest BCUT2D eigenvalue weighted by Crippen LogP contribution is 2.38. The monoisotopic (exact) mass is 576 g/mol. The number of aromatic nitrogens is 3. The molecule has 3 N–H and O–H groups in total. The molecule has 1 aromatic carbocycles. The van der Waals surface area contributed by atoms with Crippen molar-refractivity contribution in [3.8, 4) is 5.75 Å². The second kappa shape index (κ2) is 11.2. The molecule has 0 saturated carbocycles. The zero-order valence-corrected chi connectivity index (χ0v) is 22.3. The average molecular weight is 576 g/mol. The Bertz CT molecular complexity index is 1460. The summed E-state index contributed by atoms with van der Waals surface area (Å²) >= 11 is 0. The summed E-state index contributed by atoms with van der Waals surface area (Å²) in [6.07, 6.45) is 0.932. The standard InChI is InChI=1S/C24H24F2N7O6P/c1-24(2)22(34)33(13-38-40(35)36)21-18(39-24)5-6-19(30-21)29-20-16(26)12-27-23(31-20)28-14-3-4-17(15(25)11-14)32-7-9-37-10-8-32/h3-6,11-12H,7-10,13H2,1-2H3,(H2-,27,28,29,30,31,35,36)/p+1. The number of hydrogen-bond acceptors (Lipinski definition) is 11. The van der Waals surface area contributed by atoms with E-state index in [1.165, 1.54) is 32.0 Å². The van der Waals surface area contributed by atoms with Gasteiger partial charge in [-0.15, -0.1) is 4.89 Å². The van der Waals surface area contributed by atoms with Crippen LogP contribution in [0.4, 0.5) is 43.6 Å². The number of ether oxygens (including phenoxy) is 2. The van der Waals surface area contributed by atoms with E-state index in [4.69, 9.17) is 18.9 Å². The van der Waals surface area contributed by atoms with Gasteiger partial charge in [0.25, 0.3) is 5.91 Å². The number of rotatable bonds is 8. The van der Waals surface area contributed by atoms with Crippen LogP contribution >= 0.6 is 8.25 Å². The van der Waals surface area contributed by atoms with E-state index in [1.807, 2.05) is 4.90 Å². The molecule has 40 heavy (non-hydrogen) atoms. The van der Waals surface area contributed by atoms with Gasteiger partial charge < -0.3 is 25.0 Å². The molecule has 2 aromatic heterocycles. The van der Waals surface area contributed by atoms with Crippen molar-refractivity contribution in [2.75, 3.05) is 53.5 Å². The Hall–Kier alpha value is -4.04. The van der Waals surface area contributed by atoms with Crippen LogP contribution < -0.4 is 25.2 Å². The molecule has 1 saturated heterocycles. The summed E-state index contributed by atoms with van der Waals surface area (Å²) in [5.41, 5.74) is -0.478. The Morgan fingerprint density at radius 3 is 2.62 bits per heavy atom. The highest BCUT2D eigenvalue weighted by atomic mass is 31.1. The zero-order valence-electron chi connectivity index (χ0n) is 21.4. The van der Waals surface area contributed by atoms with Crippen molar-refractivity contribution in [2.24, 2.45) is 0 Å². The minimum Gasteiger partial charge on any atom is -0.474 e. The molecule has 1 fully saturated rings. The highest BCUT2D eigenvalue weighted by Gasteiger charge is 2.43. The van der Waals surface area contributed by atoms with Gasteiger partial charge in [0.15, 0.2) is 35.5 Å². The van der Waals surface area contributed by atoms with Crippen LogP contribution in [0.5, 0.6) is 5.75 Å². The summed E-state index contributed by atoms with van der Waals surface area (Å²) in [7, 11) is -2.98. The van der Waals surface area contributed by atoms with Crippen LogP contribution in [-0.4, -0.2) is 64.4 Å². The van der Waals surface area contributed by atoms with E-state index >= 15 is 0 Å². The molecule has 0 spiro atoms. The second-order valence-electron chi connectivity index (χ2n) is 9.27. The van der Waals surface area contributed by atoms with Gasteiger partial charge in [-0.3, -0.25) is 9.69 Å². The van der Waals surface area contributed by atoms with Crippen LogP contribution in [0.25, 0.3) is 0 Å². The number of nitrogens with one attached hydrogen (secondary N) is 2. The summed E-state index contributed by atoms with van der Waals surface area (Å²) in [5.74, 6) is -1.78. The number of anilines is 6. The zero-order chi connectivity index (χ0) is 28.4. The molecule has 5 rings (SSSR count). The first kappa shape index (κ1) is 27.5. The van der Waals surface area contributed by atoms with Crippen molar-refractivity contribution in [1.29, 1.82) is 0 Å². The van der Waals surface area contributed by atoms with Gasteiger partial charge in [0, 0.05) is 23.3 Å². The molecule has 13 nitrogen and oxygen atoms in total. The molecular formula is C24H25F2N7O6P+. The lowest BCUT2D eigenvalue weighted by Gasteiger charge is -2.36. The van der Waals surface area contributed by atoms with Crippen molar-refractivity contribution >= 4 is 48.9 Å². The topological polar surface area (TPSA) is 151 Å². The van der Waals surface area contributed by atoms with Gasteiger partial charge in [-0.25, -0.2) is 18.7 Å². The predicted molar refractivity (Wildman–Crippen MR) is 140 cm³/mol. The fraction of sp³-hybridized carbons (Fsp3) is 0.333. The van der Waals surface area contributed by atoms with Gasteiger partial charge in [0.1, 0.15) is 11.6 Å². The van der Waals surface area contributed by atoms with E-state index < -0.39 is 38.1 Å². The molecule has 1 unspecified atom stereocenters. The normalized spacial score (nSPS) is 16.7. The molecule has 210 valence electrons. The summed E-state index contributed by atoms with van der Waals surface area (Å²) in [5, 5.41) is 5.58. The Morgan fingerprint density at radius 1 is 1.12 bits per heavy atom. The van der Waals surface area contributed by atoms with Gasteiger partial charge in [-0.1, -0.05) is 4.52 Å². The summed E-state index contributed by atoms with van der Waals surface area (Å²) in [4.78, 5) is 37.2. The van der Waals surface area contributed by atoms with Crippen molar-refractivity contribution in [3.05, 3.63) is 48.2 Å². The molecule has 0 bridgehead atoms. The number of carbonyl (C=O) groups is 1. The van der Waals surface area contributed by atoms with Crippen LogP contribution in [0, 0.1) is 11.6 Å². The Kier molecular flexibility index (Phi) is 7.72. The van der Waals surface area contributed by atoms with Crippen LogP contribution in [0.15, 0.2) is 36.5 Å². The minimum atomic E-state index is -2.98. The summed E-state index contributed by atoms with van der Waals surface area (Å²) < 4.78 is 56.2. The molecule has 1 amide bonds. The molecule has 0 radical (unpaired) electrons. The third-order valence-corrected chi connectivity index (χ3v) is 6.40. The van der Waals surface area contributed by atoms with Gasteiger partial charge >= 0.3 is 8.25 Å². The summed E-state index contributed by atoms with van der Waals surface area (Å²) in [6.45, 7) is 4.72. The lowest BCUT2D eigenvalue weighted by molar-refractivity contribution is -0.133. The quantitative estimate of drug-likeness (QED) is 0.336. The SMILES string of the molecule is CC1(C)Oc2ccc(Nc3nc(Nc4ccc(N5CCOCC5)c(F)c4)ncc3F)nc2N(CO[P+](=O)O)C1=O. The first-order valence-electron chi connectivity index (χ1n) is 12.1. The molecule has 16 heteroatoms. The van der Waals surface area contributed by atoms with Gasteiger partial charge in [0.05, 0.1) is 25.1 Å². The van der Waals surface area contributed by atoms with Gasteiger partial charge in [-0.05, 0) is 44.2 Å². The largest absolute Gasteiger partial charge is 0.696 e. The fourth-order valence-corrected chi connectivity index (χ4v) is 4.37. The lowest BCUT2D eigenvalue weighted by Crippen LogP contribution is -2.53. The highest BCUT2D eigenvalue weighted by molar-refractivity contribution is 7.32. The second-order valence-corrected chi connectivity index (χ2v) is 10.00. The number of morpholine rings is 1. The van der Waals surface area contributed by atoms with Crippen LogP contribution in [0.1, 0.15) is 13.8 Å². The number of carbonyl (C=O) groups excluding carboxylic acids is 1. The molecule has 4 heterocycles. The smallest absolute Gasteiger partial charge is 0.474 e. The third-order valence-electron chi connectivity index (χ3n) is 6.06. The molecule has 3 aromatic rings. The van der Waals surface area contributed by atoms with E-state index in [9.17, 15) is 18.1 Å². The van der Waals surface area contributed by atoms with Crippen molar-refractivity contribution in [3.63, 3.8) is 0 Å². The maximum absolute atomic E-state index is 14.8. The van der Waals surface area contributed by atoms with E-state index in [2.05, 4.69) is 25.6 Å². The van der Waals surface area contributed by atoms with Crippen LogP contribution in [0.2, 0.25) is 0 Å². The van der Waals surface area contributed by atoms with Crippen molar-refractivity contribution in [1.82, 2.24) is 15.0 Å². The molecular weight excluding hydrogens is 551 g/mol. The fourth-order valence-electron chi connectivity index (χ4n) is 4.16. The molecule has 1 atom stereocenters. The summed E-state index contributed by atoms with van der Waals surface area (Å²) in [6, 6.07) is 7.57. The number of fused-ring (bicyclic) bond motifs is 1. The first-order chi connectivity index (χ1) is 19.1. The Balaban J connectivity index is 1.35. The van der Waals surface area contributed by atoms with E-state index in [0.717, 1.165) is 11.1 Å². The van der Waals surface area contributed by atoms with Crippen molar-refractivity contribution in [2.45, 2.75) is 19.4 Å². The van der Waals surface area contributed by atoms with Gasteiger partial charge in [0.2, 0.25) is 5.95 Å². The minimum absolute atomic E-state index is 0.00480. The number of amides is 1. The number of benzene rings is 1. The average Bonchev–Trinajstić information content (AvgIpc) is 2.91. The van der Waals surface area contributed by atoms with Crippen LogP contribution in [0.3, 0.4) is 0 Å². The van der Waals surface area contributed by atoms with Gasteiger partial charge in [-0.2, -0.15) is 4.98 Å². The maximum Gasteiger partial charge on any atom is 0.696 e. The third kappa shape index (κ3) is 5.92. The lowest BCUT2D eigenvalue weighted by atomic mass is 10.1. The van der Waals surface area contributed by atoms with Crippen LogP contribution in [-0.2, 0) is 18.6 Å².